The third-order valence-electron chi connectivity index (χ3n) is 16.8. The first-order valence-corrected chi connectivity index (χ1v) is 40.4. The first kappa shape index (κ1) is 101. The van der Waals surface area contributed by atoms with E-state index in [0.29, 0.717) is 132 Å². The Kier molecular flexibility index (Phi) is 60.5. The van der Waals surface area contributed by atoms with Crippen LogP contribution in [0.3, 0.4) is 0 Å². The van der Waals surface area contributed by atoms with Gasteiger partial charge in [0.25, 0.3) is 35.4 Å². The quantitative estimate of drug-likeness (QED) is 0.0288. The van der Waals surface area contributed by atoms with Crippen molar-refractivity contribution in [2.24, 2.45) is 0 Å². The molecule has 0 atom stereocenters. The number of hydroxylamine groups is 6. The van der Waals surface area contributed by atoms with Crippen molar-refractivity contribution in [3.8, 4) is 0 Å². The zero-order valence-electron chi connectivity index (χ0n) is 66.9. The molecule has 115 heavy (non-hydrogen) atoms. The monoisotopic (exact) mass is 1640 g/mol. The molecule has 39 heteroatoms. The minimum Gasteiger partial charge on any atom is -0.501 e. The molecule has 0 aliphatic carbocycles. The van der Waals surface area contributed by atoms with E-state index >= 15 is 0 Å². The number of hydrogen-bond acceptors (Lipinski definition) is 30. The Morgan fingerprint density at radius 2 is 0.443 bits per heavy atom. The van der Waals surface area contributed by atoms with Crippen LogP contribution in [0.4, 0.5) is 0 Å². The fraction of sp³-hybridized carbons (Fsp3) is 0.776. The second-order valence-corrected chi connectivity index (χ2v) is 26.6. The minimum absolute atomic E-state index is 0.0309. The lowest BCUT2D eigenvalue weighted by atomic mass is 10.1. The van der Waals surface area contributed by atoms with E-state index < -0.39 is 53.4 Å². The standard InChI is InChI=1S/C76H125N9O30/c86-62(77-31-13-7-1-4-10-16-74(98)113-83-68(92)19-20-69(83)93)25-37-101-46-52-107-55-49-104-43-34-80-65(89)28-40-110-58-61(59-111-41-29-66(90)81-35-44-105-50-56-108-53-47-102-38-26-63(87)78-32-14-8-2-5-11-17-75(99)114-84-70(94)21-22-71(84)95)60-112-42-30-67(91)82-36-45-106-51-57-109-54-48-103-39-27-64(88)79-33-15-9-3-6-12-18-76(100)115-85-72(96)23-24-73(85)97/h58H,1-57,59-60H2,(H,77,86)(H,78,87)(H,79,88)(H,80,89)(H,81,90)(H,82,91). The predicted molar refractivity (Wildman–Crippen MR) is 403 cm³/mol. The molecule has 654 valence electrons. The third-order valence-corrected chi connectivity index (χ3v) is 16.8. The first-order chi connectivity index (χ1) is 55.9. The zero-order chi connectivity index (χ0) is 83.2. The second kappa shape index (κ2) is 68.9. The van der Waals surface area contributed by atoms with Crippen molar-refractivity contribution in [1.29, 1.82) is 0 Å². The summed E-state index contributed by atoms with van der Waals surface area (Å²) in [6.07, 6.45) is 14.4. The highest BCUT2D eigenvalue weighted by atomic mass is 16.7. The van der Waals surface area contributed by atoms with Gasteiger partial charge in [0.15, 0.2) is 0 Å². The highest BCUT2D eigenvalue weighted by Gasteiger charge is 2.35. The van der Waals surface area contributed by atoms with Crippen LogP contribution in [0.2, 0.25) is 0 Å². The highest BCUT2D eigenvalue weighted by Crippen LogP contribution is 2.17. The molecule has 12 amide bonds. The minimum atomic E-state index is -0.607. The van der Waals surface area contributed by atoms with Crippen LogP contribution in [0.15, 0.2) is 11.8 Å². The molecule has 0 bridgehead atoms. The van der Waals surface area contributed by atoms with Gasteiger partial charge in [0.2, 0.25) is 35.4 Å². The van der Waals surface area contributed by atoms with Crippen LogP contribution >= 0.6 is 0 Å². The van der Waals surface area contributed by atoms with E-state index in [1.807, 2.05) is 0 Å². The van der Waals surface area contributed by atoms with E-state index in [2.05, 4.69) is 31.9 Å². The van der Waals surface area contributed by atoms with E-state index in [4.69, 9.17) is 71.4 Å². The van der Waals surface area contributed by atoms with Gasteiger partial charge < -0.3 is 103 Å². The Labute approximate surface area is 672 Å². The molecule has 3 fully saturated rings. The summed E-state index contributed by atoms with van der Waals surface area (Å²) < 4.78 is 66.9. The molecule has 0 spiro atoms. The summed E-state index contributed by atoms with van der Waals surface area (Å²) in [7, 11) is 0. The average Bonchev–Trinajstić information content (AvgIpc) is 1.75. The van der Waals surface area contributed by atoms with E-state index in [1.54, 1.807) is 0 Å². The lowest BCUT2D eigenvalue weighted by Gasteiger charge is -2.12. The molecule has 39 nitrogen and oxygen atoms in total. The zero-order valence-corrected chi connectivity index (χ0v) is 66.9. The molecule has 0 aromatic heterocycles. The van der Waals surface area contributed by atoms with Crippen molar-refractivity contribution in [2.75, 3.05) is 191 Å². The summed E-state index contributed by atoms with van der Waals surface area (Å²) in [6, 6.07) is 0. The number of unbranched alkanes of at least 4 members (excludes halogenated alkanes) is 12. The van der Waals surface area contributed by atoms with Crippen molar-refractivity contribution < 1.29 is 143 Å². The fourth-order valence-corrected chi connectivity index (χ4v) is 10.5. The van der Waals surface area contributed by atoms with Gasteiger partial charge in [-0.1, -0.05) is 57.8 Å². The topological polar surface area (TPSA) is 476 Å². The van der Waals surface area contributed by atoms with Gasteiger partial charge in [-0.15, -0.1) is 15.2 Å². The average molecular weight is 1640 g/mol. The van der Waals surface area contributed by atoms with Gasteiger partial charge in [-0.25, -0.2) is 14.4 Å². The largest absolute Gasteiger partial charge is 0.501 e. The summed E-state index contributed by atoms with van der Waals surface area (Å²) in [5.74, 6) is -6.00. The maximum absolute atomic E-state index is 12.5. The van der Waals surface area contributed by atoms with Crippen LogP contribution in [0.5, 0.6) is 0 Å². The SMILES string of the molecule is O=C(CCOC=C(COCCC(=O)NCCOCCOCCOCCC(=O)NCCCCCCCC(=O)ON1C(=O)CCC1=O)COCCC(=O)NCCOCCOCCOCCC(=O)NCCCCCCCC(=O)ON1C(=O)CCC1=O)NCCOCCOCCOCCC(=O)NCCCCCCCC(=O)ON1C(=O)CCC1=O. The van der Waals surface area contributed by atoms with Gasteiger partial charge in [-0.3, -0.25) is 57.5 Å². The van der Waals surface area contributed by atoms with E-state index in [1.165, 1.54) is 6.26 Å². The molecule has 0 saturated carbocycles. The summed E-state index contributed by atoms with van der Waals surface area (Å²) in [4.78, 5) is 194. The van der Waals surface area contributed by atoms with Gasteiger partial charge in [-0.05, 0) is 38.5 Å². The fourth-order valence-electron chi connectivity index (χ4n) is 10.5. The number of nitrogens with zero attached hydrogens (tertiary/aromatic N) is 3. The number of nitrogens with one attached hydrogen (secondary N) is 6. The van der Waals surface area contributed by atoms with Crippen LogP contribution < -0.4 is 31.9 Å². The van der Waals surface area contributed by atoms with Crippen LogP contribution in [0.25, 0.3) is 0 Å². The number of hydrogen-bond donors (Lipinski definition) is 6. The highest BCUT2D eigenvalue weighted by molar-refractivity contribution is 6.03. The van der Waals surface area contributed by atoms with E-state index in [9.17, 15) is 71.9 Å². The third kappa shape index (κ3) is 56.7. The first-order valence-electron chi connectivity index (χ1n) is 40.4. The van der Waals surface area contributed by atoms with Gasteiger partial charge in [0.05, 0.1) is 165 Å². The molecule has 3 rings (SSSR count). The summed E-state index contributed by atoms with van der Waals surface area (Å²) in [6.45, 7) is 7.64. The Hall–Kier alpha value is -8.25. The number of imide groups is 3. The van der Waals surface area contributed by atoms with Gasteiger partial charge >= 0.3 is 17.9 Å². The normalized spacial score (nSPS) is 13.3. The molecule has 6 N–H and O–H groups in total. The van der Waals surface area contributed by atoms with E-state index in [-0.39, 0.29) is 231 Å². The molecule has 0 aromatic rings. The summed E-state index contributed by atoms with van der Waals surface area (Å²) >= 11 is 0. The maximum Gasteiger partial charge on any atom is 0.333 e. The van der Waals surface area contributed by atoms with Crippen molar-refractivity contribution in [1.82, 2.24) is 47.1 Å². The maximum atomic E-state index is 12.5. The molecule has 0 radical (unpaired) electrons. The molecule has 0 aromatic carbocycles. The van der Waals surface area contributed by atoms with Gasteiger partial charge in [0, 0.05) is 135 Å². The van der Waals surface area contributed by atoms with Crippen LogP contribution in [-0.2, 0) is 143 Å². The number of carbonyl (C=O) groups is 15. The van der Waals surface area contributed by atoms with Gasteiger partial charge in [-0.2, -0.15) is 0 Å². The lowest BCUT2D eigenvalue weighted by Crippen LogP contribution is -2.31. The van der Waals surface area contributed by atoms with Crippen molar-refractivity contribution in [3.63, 3.8) is 0 Å². The summed E-state index contributed by atoms with van der Waals surface area (Å²) in [5, 5.41) is 18.5. The number of amides is 12. The molecule has 3 aliphatic heterocycles. The summed E-state index contributed by atoms with van der Waals surface area (Å²) in [5.41, 5.74) is 0.553. The smallest absolute Gasteiger partial charge is 0.333 e. The Morgan fingerprint density at radius 3 is 0.713 bits per heavy atom. The molecule has 3 saturated heterocycles. The molecular weight excluding hydrogens is 1520 g/mol. The second-order valence-electron chi connectivity index (χ2n) is 26.6. The Bertz CT molecular complexity index is 2720. The number of ether oxygens (including phenoxy) is 12. The molecule has 3 heterocycles. The molecule has 3 aliphatic rings. The van der Waals surface area contributed by atoms with Crippen molar-refractivity contribution in [3.05, 3.63) is 11.8 Å². The molecule has 0 unspecified atom stereocenters. The Morgan fingerprint density at radius 1 is 0.235 bits per heavy atom. The van der Waals surface area contributed by atoms with Gasteiger partial charge in [0.1, 0.15) is 0 Å². The lowest BCUT2D eigenvalue weighted by molar-refractivity contribution is -0.197. The van der Waals surface area contributed by atoms with Crippen LogP contribution in [0, 0.1) is 0 Å². The number of rotatable bonds is 77. The number of carbonyl (C=O) groups excluding carboxylic acids is 15. The predicted octanol–water partition coefficient (Wildman–Crippen LogP) is 1.95. The Balaban J connectivity index is 1.17. The van der Waals surface area contributed by atoms with Crippen molar-refractivity contribution in [2.45, 2.75) is 193 Å². The van der Waals surface area contributed by atoms with E-state index in [0.717, 1.165) is 77.0 Å². The van der Waals surface area contributed by atoms with Crippen LogP contribution in [-0.4, -0.2) is 295 Å². The van der Waals surface area contributed by atoms with Crippen LogP contribution in [0.1, 0.15) is 193 Å². The van der Waals surface area contributed by atoms with Crippen molar-refractivity contribution >= 4 is 88.8 Å². The molecular formula is C76H125N9O30.